The molecule has 0 aliphatic carbocycles. The lowest BCUT2D eigenvalue weighted by Gasteiger charge is -2.03. The Morgan fingerprint density at radius 1 is 1.35 bits per heavy atom. The normalized spacial score (nSPS) is 15.5. The minimum Gasteiger partial charge on any atom is -0.508 e. The van der Waals surface area contributed by atoms with Crippen LogP contribution in [0.2, 0.25) is 0 Å². The van der Waals surface area contributed by atoms with E-state index in [1.54, 1.807) is 28.0 Å². The zero-order chi connectivity index (χ0) is 16.1. The van der Waals surface area contributed by atoms with E-state index in [9.17, 15) is 9.90 Å². The van der Waals surface area contributed by atoms with Crippen molar-refractivity contribution in [3.63, 3.8) is 0 Å². The Morgan fingerprint density at radius 3 is 2.96 bits per heavy atom. The fraction of sp³-hybridized carbons (Fsp3) is 0.222. The Hall–Kier alpha value is -2.40. The SMILES string of the molecule is Cc1sc2nc3n(c(=O)c2c1C)CCC3=Cc1cccc(O)c1. The van der Waals surface area contributed by atoms with Crippen molar-refractivity contribution in [2.45, 2.75) is 26.8 Å². The van der Waals surface area contributed by atoms with Gasteiger partial charge in [-0.05, 0) is 55.2 Å². The first kappa shape index (κ1) is 14.2. The van der Waals surface area contributed by atoms with Gasteiger partial charge in [-0.15, -0.1) is 11.3 Å². The highest BCUT2D eigenvalue weighted by atomic mass is 32.1. The number of rotatable bonds is 1. The van der Waals surface area contributed by atoms with Gasteiger partial charge in [-0.1, -0.05) is 12.1 Å². The summed E-state index contributed by atoms with van der Waals surface area (Å²) in [6.45, 7) is 4.68. The van der Waals surface area contributed by atoms with Gasteiger partial charge in [0.1, 0.15) is 16.4 Å². The third-order valence-electron chi connectivity index (χ3n) is 4.39. The molecule has 4 rings (SSSR count). The van der Waals surface area contributed by atoms with Gasteiger partial charge < -0.3 is 5.11 Å². The van der Waals surface area contributed by atoms with Gasteiger partial charge in [-0.2, -0.15) is 0 Å². The maximum atomic E-state index is 12.8. The standard InChI is InChI=1S/C18H16N2O2S/c1-10-11(2)23-17-15(10)18(22)20-7-6-13(16(20)19-17)8-12-4-3-5-14(21)9-12/h3-5,8-9,21H,6-7H2,1-2H3. The highest BCUT2D eigenvalue weighted by molar-refractivity contribution is 7.18. The molecule has 0 saturated carbocycles. The highest BCUT2D eigenvalue weighted by Crippen LogP contribution is 2.32. The number of hydrogen-bond donors (Lipinski definition) is 1. The molecule has 3 aromatic rings. The van der Waals surface area contributed by atoms with Crippen molar-refractivity contribution in [2.75, 3.05) is 0 Å². The molecule has 1 aliphatic heterocycles. The van der Waals surface area contributed by atoms with Gasteiger partial charge in [0.05, 0.1) is 5.39 Å². The summed E-state index contributed by atoms with van der Waals surface area (Å²) in [4.78, 5) is 19.5. The van der Waals surface area contributed by atoms with Crippen LogP contribution in [0.15, 0.2) is 29.1 Å². The number of phenols is 1. The number of benzene rings is 1. The monoisotopic (exact) mass is 324 g/mol. The number of hydrogen-bond acceptors (Lipinski definition) is 4. The molecule has 1 aromatic carbocycles. The molecule has 0 bridgehead atoms. The Kier molecular flexibility index (Phi) is 3.13. The van der Waals surface area contributed by atoms with Crippen molar-refractivity contribution in [3.8, 4) is 5.75 Å². The zero-order valence-corrected chi connectivity index (χ0v) is 13.8. The predicted octanol–water partition coefficient (Wildman–Crippen LogP) is 3.72. The molecule has 5 heteroatoms. The summed E-state index contributed by atoms with van der Waals surface area (Å²) >= 11 is 1.58. The van der Waals surface area contributed by atoms with E-state index in [1.165, 1.54) is 0 Å². The lowest BCUT2D eigenvalue weighted by atomic mass is 10.1. The summed E-state index contributed by atoms with van der Waals surface area (Å²) in [6, 6.07) is 7.11. The number of aromatic hydroxyl groups is 1. The average Bonchev–Trinajstić information content (AvgIpc) is 3.02. The second-order valence-electron chi connectivity index (χ2n) is 5.87. The van der Waals surface area contributed by atoms with Gasteiger partial charge in [0.2, 0.25) is 0 Å². The van der Waals surface area contributed by atoms with E-state index in [0.29, 0.717) is 6.54 Å². The number of aryl methyl sites for hydroxylation is 2. The summed E-state index contributed by atoms with van der Waals surface area (Å²) in [5, 5.41) is 10.4. The molecular formula is C18H16N2O2S. The number of allylic oxidation sites excluding steroid dienone is 1. The third kappa shape index (κ3) is 2.19. The summed E-state index contributed by atoms with van der Waals surface area (Å²) in [7, 11) is 0. The van der Waals surface area contributed by atoms with Crippen LogP contribution in [-0.4, -0.2) is 14.7 Å². The number of phenolic OH excluding ortho intramolecular Hbond substituents is 1. The molecule has 0 spiro atoms. The Bertz CT molecular complexity index is 1030. The molecule has 4 nitrogen and oxygen atoms in total. The van der Waals surface area contributed by atoms with E-state index in [2.05, 4.69) is 0 Å². The predicted molar refractivity (Wildman–Crippen MR) is 93.9 cm³/mol. The van der Waals surface area contributed by atoms with Crippen LogP contribution >= 0.6 is 11.3 Å². The molecule has 1 N–H and O–H groups in total. The van der Waals surface area contributed by atoms with Gasteiger partial charge >= 0.3 is 0 Å². The first-order valence-corrected chi connectivity index (χ1v) is 8.37. The first-order valence-electron chi connectivity index (χ1n) is 7.55. The van der Waals surface area contributed by atoms with E-state index in [4.69, 9.17) is 4.98 Å². The fourth-order valence-electron chi connectivity index (χ4n) is 3.08. The number of fused-ring (bicyclic) bond motifs is 2. The van der Waals surface area contributed by atoms with Crippen molar-refractivity contribution in [3.05, 3.63) is 56.4 Å². The van der Waals surface area contributed by atoms with Crippen LogP contribution in [0.3, 0.4) is 0 Å². The van der Waals surface area contributed by atoms with Crippen LogP contribution < -0.4 is 5.56 Å². The highest BCUT2D eigenvalue weighted by Gasteiger charge is 2.23. The molecule has 0 amide bonds. The summed E-state index contributed by atoms with van der Waals surface area (Å²) in [6.07, 6.45) is 2.79. The minimum absolute atomic E-state index is 0.0613. The fourth-order valence-corrected chi connectivity index (χ4v) is 4.10. The Labute approximate surface area is 137 Å². The minimum atomic E-state index is 0.0613. The summed E-state index contributed by atoms with van der Waals surface area (Å²) < 4.78 is 1.77. The second kappa shape index (κ2) is 5.06. The third-order valence-corrected chi connectivity index (χ3v) is 5.49. The summed E-state index contributed by atoms with van der Waals surface area (Å²) in [5.41, 5.74) is 3.06. The molecule has 0 fully saturated rings. The molecule has 0 radical (unpaired) electrons. The zero-order valence-electron chi connectivity index (χ0n) is 13.0. The smallest absolute Gasteiger partial charge is 0.262 e. The van der Waals surface area contributed by atoms with E-state index >= 15 is 0 Å². The Balaban J connectivity index is 1.92. The maximum Gasteiger partial charge on any atom is 0.262 e. The number of nitrogens with zero attached hydrogens (tertiary/aromatic N) is 2. The Morgan fingerprint density at radius 2 is 2.17 bits per heavy atom. The number of aromatic nitrogens is 2. The van der Waals surface area contributed by atoms with Crippen LogP contribution in [0, 0.1) is 13.8 Å². The molecule has 0 unspecified atom stereocenters. The molecule has 0 saturated heterocycles. The van der Waals surface area contributed by atoms with E-state index < -0.39 is 0 Å². The second-order valence-corrected chi connectivity index (χ2v) is 7.07. The lowest BCUT2D eigenvalue weighted by molar-refractivity contribution is 0.475. The summed E-state index contributed by atoms with van der Waals surface area (Å²) in [5.74, 6) is 0.995. The number of thiophene rings is 1. The molecular weight excluding hydrogens is 308 g/mol. The molecule has 23 heavy (non-hydrogen) atoms. The molecule has 116 valence electrons. The van der Waals surface area contributed by atoms with E-state index in [-0.39, 0.29) is 11.3 Å². The molecule has 1 aliphatic rings. The largest absolute Gasteiger partial charge is 0.508 e. The van der Waals surface area contributed by atoms with E-state index in [0.717, 1.165) is 44.0 Å². The molecule has 2 aromatic heterocycles. The average molecular weight is 324 g/mol. The molecule has 0 atom stereocenters. The van der Waals surface area contributed by atoms with Crippen molar-refractivity contribution in [2.24, 2.45) is 0 Å². The lowest BCUT2D eigenvalue weighted by Crippen LogP contribution is -2.20. The first-order chi connectivity index (χ1) is 11.0. The van der Waals surface area contributed by atoms with Gasteiger partial charge in [-0.3, -0.25) is 9.36 Å². The van der Waals surface area contributed by atoms with Gasteiger partial charge in [0.25, 0.3) is 5.56 Å². The van der Waals surface area contributed by atoms with Gasteiger partial charge in [0, 0.05) is 11.4 Å². The quantitative estimate of drug-likeness (QED) is 0.742. The van der Waals surface area contributed by atoms with Crippen LogP contribution in [0.5, 0.6) is 5.75 Å². The topological polar surface area (TPSA) is 55.1 Å². The molecule has 3 heterocycles. The van der Waals surface area contributed by atoms with Crippen LogP contribution in [0.25, 0.3) is 21.9 Å². The van der Waals surface area contributed by atoms with Crippen molar-refractivity contribution < 1.29 is 5.11 Å². The van der Waals surface area contributed by atoms with Crippen molar-refractivity contribution in [1.82, 2.24) is 9.55 Å². The van der Waals surface area contributed by atoms with Crippen LogP contribution in [-0.2, 0) is 6.54 Å². The van der Waals surface area contributed by atoms with Crippen molar-refractivity contribution >= 4 is 33.2 Å². The van der Waals surface area contributed by atoms with E-state index in [1.807, 2.05) is 32.1 Å². The van der Waals surface area contributed by atoms with Gasteiger partial charge in [-0.25, -0.2) is 4.98 Å². The van der Waals surface area contributed by atoms with Crippen LogP contribution in [0.1, 0.15) is 28.2 Å². The maximum absolute atomic E-state index is 12.8. The van der Waals surface area contributed by atoms with Crippen molar-refractivity contribution in [1.29, 1.82) is 0 Å². The van der Waals surface area contributed by atoms with Crippen LogP contribution in [0.4, 0.5) is 0 Å². The van der Waals surface area contributed by atoms with Gasteiger partial charge in [0.15, 0.2) is 0 Å².